The molecular weight excluding hydrogens is 553 g/mol. The van der Waals surface area contributed by atoms with E-state index in [0.717, 1.165) is 5.56 Å². The van der Waals surface area contributed by atoms with Crippen LogP contribution in [0.25, 0.3) is 0 Å². The van der Waals surface area contributed by atoms with Crippen LogP contribution in [0.3, 0.4) is 0 Å². The second-order valence-corrected chi connectivity index (χ2v) is 10.9. The molecular formula is C31H29Cl2NO6. The van der Waals surface area contributed by atoms with Crippen LogP contribution < -0.4 is 0 Å². The van der Waals surface area contributed by atoms with E-state index in [9.17, 15) is 14.4 Å². The number of rotatable bonds is 7. The van der Waals surface area contributed by atoms with E-state index >= 15 is 0 Å². The molecule has 7 nitrogen and oxygen atoms in total. The largest absolute Gasteiger partial charge is 0.465 e. The monoisotopic (exact) mass is 581 g/mol. The van der Waals surface area contributed by atoms with Crippen molar-refractivity contribution in [2.24, 2.45) is 5.41 Å². The highest BCUT2D eigenvalue weighted by atomic mass is 35.5. The van der Waals surface area contributed by atoms with E-state index in [1.54, 1.807) is 60.4 Å². The van der Waals surface area contributed by atoms with Crippen molar-refractivity contribution in [1.29, 1.82) is 0 Å². The third kappa shape index (κ3) is 4.66. The zero-order chi connectivity index (χ0) is 28.5. The van der Waals surface area contributed by atoms with Crippen molar-refractivity contribution in [2.45, 2.75) is 44.6 Å². The molecule has 0 spiro atoms. The van der Waals surface area contributed by atoms with Gasteiger partial charge < -0.3 is 19.1 Å². The average Bonchev–Trinajstić information content (AvgIpc) is 3.25. The second-order valence-electron chi connectivity index (χ2n) is 10.1. The van der Waals surface area contributed by atoms with Gasteiger partial charge in [0.1, 0.15) is 5.60 Å². The van der Waals surface area contributed by atoms with Crippen LogP contribution in [0, 0.1) is 5.41 Å². The first kappa shape index (κ1) is 28.1. The number of piperidine rings is 1. The summed E-state index contributed by atoms with van der Waals surface area (Å²) >= 11 is 12.4. The maximum atomic E-state index is 14.6. The van der Waals surface area contributed by atoms with E-state index in [2.05, 4.69) is 0 Å². The van der Waals surface area contributed by atoms with Crippen LogP contribution in [-0.4, -0.2) is 41.7 Å². The molecule has 9 heteroatoms. The highest BCUT2D eigenvalue weighted by molar-refractivity contribution is 6.30. The highest BCUT2D eigenvalue weighted by Crippen LogP contribution is 2.62. The summed E-state index contributed by atoms with van der Waals surface area (Å²) in [4.78, 5) is 42.9. The Kier molecular flexibility index (Phi) is 7.66. The van der Waals surface area contributed by atoms with Gasteiger partial charge in [0, 0.05) is 42.9 Å². The summed E-state index contributed by atoms with van der Waals surface area (Å²) in [5.74, 6) is -3.92. The number of ether oxygens (including phenoxy) is 3. The van der Waals surface area contributed by atoms with Crippen LogP contribution in [0.2, 0.25) is 10.0 Å². The number of halogens is 2. The van der Waals surface area contributed by atoms with Crippen molar-refractivity contribution < 1.29 is 28.6 Å². The fourth-order valence-corrected chi connectivity index (χ4v) is 6.16. The van der Waals surface area contributed by atoms with Crippen LogP contribution in [-0.2, 0) is 40.7 Å². The lowest BCUT2D eigenvalue weighted by atomic mass is 9.67. The van der Waals surface area contributed by atoms with E-state index in [1.807, 2.05) is 30.3 Å². The Balaban J connectivity index is 1.74. The maximum absolute atomic E-state index is 14.6. The third-order valence-corrected chi connectivity index (χ3v) is 8.14. The molecule has 0 radical (unpaired) electrons. The van der Waals surface area contributed by atoms with E-state index in [4.69, 9.17) is 37.4 Å². The Labute approximate surface area is 242 Å². The molecule has 208 valence electrons. The Bertz CT molecular complexity index is 1370. The molecule has 0 aromatic heterocycles. The number of nitrogens with zero attached hydrogens (tertiary/aromatic N) is 1. The van der Waals surface area contributed by atoms with Crippen molar-refractivity contribution in [3.8, 4) is 0 Å². The first-order chi connectivity index (χ1) is 19.2. The summed E-state index contributed by atoms with van der Waals surface area (Å²) < 4.78 is 18.4. The lowest BCUT2D eigenvalue weighted by molar-refractivity contribution is -0.278. The zero-order valence-electron chi connectivity index (χ0n) is 22.2. The van der Waals surface area contributed by atoms with Crippen LogP contribution in [0.5, 0.6) is 0 Å². The SMILES string of the molecule is CCOC(=O)C12CC(c3ccc(Cl)cc3)(c3ccc(Cl)cc3)OC1(OC(C)=O)CCN(Cc1ccccc1)C2=O. The molecule has 3 aromatic carbocycles. The van der Waals surface area contributed by atoms with Crippen molar-refractivity contribution >= 4 is 41.0 Å². The van der Waals surface area contributed by atoms with Crippen molar-refractivity contribution in [3.05, 3.63) is 106 Å². The fraction of sp³-hybridized carbons (Fsp3) is 0.323. The number of carbonyl (C=O) groups excluding carboxylic acids is 3. The van der Waals surface area contributed by atoms with Gasteiger partial charge in [-0.3, -0.25) is 14.4 Å². The smallest absolute Gasteiger partial charge is 0.328 e. The normalized spacial score (nSPS) is 23.4. The minimum Gasteiger partial charge on any atom is -0.465 e. The van der Waals surface area contributed by atoms with Gasteiger partial charge in [0.15, 0.2) is 0 Å². The standard InChI is InChI=1S/C31H29Cl2NO6/c1-3-38-28(37)29-20-30(23-9-13-25(32)14-10-23,24-11-15-26(33)16-12-24)40-31(29,39-21(2)35)17-18-34(27(29)36)19-22-7-5-4-6-8-22/h4-16H,3,17-20H2,1-2H3. The Morgan fingerprint density at radius 2 is 1.50 bits per heavy atom. The fourth-order valence-electron chi connectivity index (χ4n) is 5.91. The van der Waals surface area contributed by atoms with Crippen molar-refractivity contribution in [2.75, 3.05) is 13.2 Å². The quantitative estimate of drug-likeness (QED) is 0.255. The van der Waals surface area contributed by atoms with E-state index in [0.29, 0.717) is 21.2 Å². The summed E-state index contributed by atoms with van der Waals surface area (Å²) in [7, 11) is 0. The van der Waals surface area contributed by atoms with E-state index in [1.165, 1.54) is 6.92 Å². The van der Waals surface area contributed by atoms with Crippen molar-refractivity contribution in [3.63, 3.8) is 0 Å². The van der Waals surface area contributed by atoms with Gasteiger partial charge in [-0.15, -0.1) is 0 Å². The Morgan fingerprint density at radius 1 is 0.925 bits per heavy atom. The van der Waals surface area contributed by atoms with Gasteiger partial charge in [-0.05, 0) is 47.9 Å². The van der Waals surface area contributed by atoms with Gasteiger partial charge in [-0.2, -0.15) is 0 Å². The first-order valence-electron chi connectivity index (χ1n) is 13.1. The molecule has 2 aliphatic heterocycles. The predicted molar refractivity (Wildman–Crippen MR) is 149 cm³/mol. The molecule has 2 saturated heterocycles. The molecule has 0 N–H and O–H groups in total. The minimum atomic E-state index is -1.99. The third-order valence-electron chi connectivity index (χ3n) is 7.64. The van der Waals surface area contributed by atoms with Gasteiger partial charge in [0.2, 0.25) is 17.1 Å². The number of hydrogen-bond acceptors (Lipinski definition) is 6. The molecule has 2 aliphatic rings. The van der Waals surface area contributed by atoms with Gasteiger partial charge in [-0.1, -0.05) is 77.8 Å². The molecule has 2 unspecified atom stereocenters. The number of likely N-dealkylation sites (tertiary alicyclic amines) is 1. The summed E-state index contributed by atoms with van der Waals surface area (Å²) in [6, 6.07) is 23.4. The predicted octanol–water partition coefficient (Wildman–Crippen LogP) is 5.90. The summed E-state index contributed by atoms with van der Waals surface area (Å²) in [5, 5.41) is 1.01. The van der Waals surface area contributed by atoms with E-state index < -0.39 is 34.6 Å². The molecule has 0 bridgehead atoms. The van der Waals surface area contributed by atoms with E-state index in [-0.39, 0.29) is 32.5 Å². The number of amides is 1. The van der Waals surface area contributed by atoms with Crippen LogP contribution >= 0.6 is 23.2 Å². The number of benzene rings is 3. The molecule has 40 heavy (non-hydrogen) atoms. The van der Waals surface area contributed by atoms with Crippen LogP contribution in [0.15, 0.2) is 78.9 Å². The van der Waals surface area contributed by atoms with Gasteiger partial charge >= 0.3 is 11.9 Å². The Morgan fingerprint density at radius 3 is 2.02 bits per heavy atom. The molecule has 5 rings (SSSR count). The maximum Gasteiger partial charge on any atom is 0.328 e. The molecule has 3 aromatic rings. The number of fused-ring (bicyclic) bond motifs is 1. The molecule has 0 saturated carbocycles. The summed E-state index contributed by atoms with van der Waals surface area (Å²) in [5.41, 5.74) is -1.20. The minimum absolute atomic E-state index is 0.0254. The number of carbonyl (C=O) groups is 3. The first-order valence-corrected chi connectivity index (χ1v) is 13.8. The number of hydrogen-bond donors (Lipinski definition) is 0. The molecule has 0 aliphatic carbocycles. The zero-order valence-corrected chi connectivity index (χ0v) is 23.7. The molecule has 2 heterocycles. The summed E-state index contributed by atoms with van der Waals surface area (Å²) in [6.45, 7) is 3.39. The van der Waals surface area contributed by atoms with Gasteiger partial charge in [-0.25, -0.2) is 0 Å². The number of esters is 2. The second kappa shape index (κ2) is 10.9. The topological polar surface area (TPSA) is 82.1 Å². The van der Waals surface area contributed by atoms with Crippen molar-refractivity contribution in [1.82, 2.24) is 4.90 Å². The van der Waals surface area contributed by atoms with Gasteiger partial charge in [0.05, 0.1) is 6.61 Å². The van der Waals surface area contributed by atoms with Crippen LogP contribution in [0.4, 0.5) is 0 Å². The lowest BCUT2D eigenvalue weighted by Gasteiger charge is -2.47. The Hall–Kier alpha value is -3.39. The van der Waals surface area contributed by atoms with Crippen LogP contribution in [0.1, 0.15) is 43.4 Å². The summed E-state index contributed by atoms with van der Waals surface area (Å²) in [6.07, 6.45) is -0.105. The molecule has 2 fully saturated rings. The van der Waals surface area contributed by atoms with Gasteiger partial charge in [0.25, 0.3) is 0 Å². The lowest BCUT2D eigenvalue weighted by Crippen LogP contribution is -2.66. The molecule has 1 amide bonds. The highest BCUT2D eigenvalue weighted by Gasteiger charge is 2.78. The average molecular weight is 582 g/mol. The molecule has 2 atom stereocenters.